The number of carbonyl (C=O) groups excluding carboxylic acids is 1. The first-order chi connectivity index (χ1) is 12.4. The second kappa shape index (κ2) is 6.22. The number of hydrogen-bond donors (Lipinski definition) is 1. The van der Waals surface area contributed by atoms with E-state index in [0.717, 1.165) is 25.7 Å². The molecule has 4 rings (SSSR count). The summed E-state index contributed by atoms with van der Waals surface area (Å²) in [4.78, 5) is 28.0. The topological polar surface area (TPSA) is 107 Å². The predicted octanol–water partition coefficient (Wildman–Crippen LogP) is 0.728. The van der Waals surface area contributed by atoms with Crippen molar-refractivity contribution in [3.05, 3.63) is 23.9 Å². The van der Waals surface area contributed by atoms with E-state index in [2.05, 4.69) is 4.40 Å². The number of carbonyl (C=O) groups is 2. The van der Waals surface area contributed by atoms with Crippen LogP contribution >= 0.6 is 0 Å². The van der Waals surface area contributed by atoms with Gasteiger partial charge in [-0.1, -0.05) is 12.8 Å². The third-order valence-corrected chi connectivity index (χ3v) is 6.84. The summed E-state index contributed by atoms with van der Waals surface area (Å²) in [5.41, 5.74) is 0.376. The largest absolute Gasteiger partial charge is 0.480 e. The second-order valence-electron chi connectivity index (χ2n) is 7.26. The van der Waals surface area contributed by atoms with Gasteiger partial charge in [-0.05, 0) is 37.3 Å². The van der Waals surface area contributed by atoms with Gasteiger partial charge in [0.05, 0.1) is 11.3 Å². The molecule has 3 unspecified atom stereocenters. The molecule has 1 N–H and O–H groups in total. The van der Waals surface area contributed by atoms with Gasteiger partial charge in [-0.3, -0.25) is 4.79 Å². The molecule has 3 aliphatic heterocycles. The Bertz CT molecular complexity index is 844. The van der Waals surface area contributed by atoms with Crippen molar-refractivity contribution in [1.29, 1.82) is 0 Å². The summed E-state index contributed by atoms with van der Waals surface area (Å²) in [6.07, 6.45) is 9.04. The van der Waals surface area contributed by atoms with Crippen molar-refractivity contribution in [3.8, 4) is 0 Å². The Labute approximate surface area is 151 Å². The lowest BCUT2D eigenvalue weighted by Gasteiger charge is -2.34. The number of nitrogens with zero attached hydrogens (tertiary/aromatic N) is 3. The van der Waals surface area contributed by atoms with Crippen LogP contribution in [0.5, 0.6) is 0 Å². The molecule has 0 bridgehead atoms. The Hall–Kier alpha value is -2.16. The van der Waals surface area contributed by atoms with Crippen molar-refractivity contribution in [2.45, 2.75) is 44.2 Å². The Morgan fingerprint density at radius 2 is 1.96 bits per heavy atom. The molecule has 1 saturated heterocycles. The first-order valence-electron chi connectivity index (χ1n) is 8.90. The van der Waals surface area contributed by atoms with E-state index in [4.69, 9.17) is 0 Å². The third-order valence-electron chi connectivity index (χ3n) is 5.68. The van der Waals surface area contributed by atoms with Crippen molar-refractivity contribution in [3.63, 3.8) is 0 Å². The summed E-state index contributed by atoms with van der Waals surface area (Å²) < 4.78 is 26.9. The van der Waals surface area contributed by atoms with Gasteiger partial charge >= 0.3 is 5.97 Å². The van der Waals surface area contributed by atoms with E-state index in [1.165, 1.54) is 12.2 Å². The second-order valence-corrected chi connectivity index (χ2v) is 9.02. The maximum Gasteiger partial charge on any atom is 0.326 e. The van der Waals surface area contributed by atoms with Gasteiger partial charge in [0.2, 0.25) is 0 Å². The highest BCUT2D eigenvalue weighted by atomic mass is 32.2. The summed E-state index contributed by atoms with van der Waals surface area (Å²) in [5, 5.41) is 9.60. The lowest BCUT2D eigenvalue weighted by molar-refractivity contribution is -0.148. The van der Waals surface area contributed by atoms with Crippen molar-refractivity contribution < 1.29 is 23.1 Å². The summed E-state index contributed by atoms with van der Waals surface area (Å²) in [7, 11) is -3.45. The quantitative estimate of drug-likeness (QED) is 0.758. The minimum absolute atomic E-state index is 0.0246. The fraction of sp³-hybridized carbons (Fsp3) is 0.588. The predicted molar refractivity (Wildman–Crippen MR) is 93.8 cm³/mol. The molecule has 0 spiro atoms. The summed E-state index contributed by atoms with van der Waals surface area (Å²) in [5.74, 6) is -0.817. The monoisotopic (exact) mass is 379 g/mol. The lowest BCUT2D eigenvalue weighted by Crippen LogP contribution is -2.47. The molecule has 4 aliphatic rings. The zero-order valence-electron chi connectivity index (χ0n) is 14.2. The maximum absolute atomic E-state index is 13.1. The molecule has 8 nitrogen and oxygen atoms in total. The van der Waals surface area contributed by atoms with Crippen LogP contribution in [0.15, 0.2) is 28.3 Å². The van der Waals surface area contributed by atoms with Crippen LogP contribution in [-0.4, -0.2) is 65.4 Å². The van der Waals surface area contributed by atoms with Gasteiger partial charge in [-0.15, -0.1) is 4.40 Å². The van der Waals surface area contributed by atoms with Crippen molar-refractivity contribution >= 4 is 27.7 Å². The molecule has 9 heteroatoms. The Balaban J connectivity index is 1.62. The molecule has 1 saturated carbocycles. The summed E-state index contributed by atoms with van der Waals surface area (Å²) in [6, 6.07) is -0.815. The number of amidine groups is 1. The van der Waals surface area contributed by atoms with Gasteiger partial charge in [0, 0.05) is 18.8 Å². The van der Waals surface area contributed by atoms with E-state index in [-0.39, 0.29) is 30.2 Å². The maximum atomic E-state index is 13.1. The normalized spacial score (nSPS) is 32.4. The molecule has 0 aromatic rings. The number of fused-ring (bicyclic) bond motifs is 2. The fourth-order valence-electron chi connectivity index (χ4n) is 4.45. The van der Waals surface area contributed by atoms with E-state index in [9.17, 15) is 23.1 Å². The SMILES string of the molecule is O=C(O)C1CC2CCCCC2N1C(=O)C1=CN2CCS(=O)(=O)N=C2C=C1. The molecule has 3 atom stereocenters. The van der Waals surface area contributed by atoms with Gasteiger partial charge in [0.25, 0.3) is 15.9 Å². The molecule has 0 radical (unpaired) electrons. The number of aliphatic carboxylic acids is 1. The highest BCUT2D eigenvalue weighted by Gasteiger charge is 2.48. The summed E-state index contributed by atoms with van der Waals surface area (Å²) in [6.45, 7) is 0.233. The smallest absolute Gasteiger partial charge is 0.326 e. The Kier molecular flexibility index (Phi) is 4.13. The molecular formula is C17H21N3O5S. The van der Waals surface area contributed by atoms with Crippen LogP contribution in [0.4, 0.5) is 0 Å². The fourth-order valence-corrected chi connectivity index (χ4v) is 5.42. The molecular weight excluding hydrogens is 358 g/mol. The minimum atomic E-state index is -3.45. The minimum Gasteiger partial charge on any atom is -0.480 e. The number of sulfonamides is 1. The number of carboxylic acids is 1. The van der Waals surface area contributed by atoms with Crippen LogP contribution in [0.1, 0.15) is 32.1 Å². The molecule has 3 heterocycles. The van der Waals surface area contributed by atoms with E-state index in [1.807, 2.05) is 0 Å². The molecule has 1 aliphatic carbocycles. The zero-order chi connectivity index (χ0) is 18.5. The molecule has 1 amide bonds. The van der Waals surface area contributed by atoms with Crippen molar-refractivity contribution in [2.24, 2.45) is 10.3 Å². The zero-order valence-corrected chi connectivity index (χ0v) is 15.1. The Morgan fingerprint density at radius 3 is 2.73 bits per heavy atom. The van der Waals surface area contributed by atoms with E-state index in [1.54, 1.807) is 16.0 Å². The van der Waals surface area contributed by atoms with Crippen molar-refractivity contribution in [2.75, 3.05) is 12.3 Å². The first-order valence-corrected chi connectivity index (χ1v) is 10.5. The van der Waals surface area contributed by atoms with Gasteiger partial charge in [0.1, 0.15) is 11.9 Å². The van der Waals surface area contributed by atoms with Crippen LogP contribution in [0.25, 0.3) is 0 Å². The standard InChI is InChI=1S/C17H21N3O5S/c21-16(12-5-6-15-18-26(24,25)8-7-19(15)10-12)20-13-4-2-1-3-11(13)9-14(20)17(22)23/h5-6,10-11,13-14H,1-4,7-9H2,(H,22,23). The average Bonchev–Trinajstić information content (AvgIpc) is 3.00. The van der Waals surface area contributed by atoms with Crippen LogP contribution in [0, 0.1) is 5.92 Å². The molecule has 2 fully saturated rings. The Morgan fingerprint density at radius 1 is 1.19 bits per heavy atom. The molecule has 0 aromatic heterocycles. The van der Waals surface area contributed by atoms with Crippen LogP contribution < -0.4 is 0 Å². The molecule has 0 aromatic carbocycles. The highest BCUT2D eigenvalue weighted by Crippen LogP contribution is 2.40. The van der Waals surface area contributed by atoms with Gasteiger partial charge in [-0.2, -0.15) is 0 Å². The van der Waals surface area contributed by atoms with E-state index in [0.29, 0.717) is 17.8 Å². The number of hydrogen-bond acceptors (Lipinski definition) is 5. The number of rotatable bonds is 2. The molecule has 140 valence electrons. The van der Waals surface area contributed by atoms with Gasteiger partial charge in [-0.25, -0.2) is 13.2 Å². The summed E-state index contributed by atoms with van der Waals surface area (Å²) >= 11 is 0. The highest BCUT2D eigenvalue weighted by molar-refractivity contribution is 7.90. The van der Waals surface area contributed by atoms with E-state index >= 15 is 0 Å². The van der Waals surface area contributed by atoms with Crippen molar-refractivity contribution in [1.82, 2.24) is 9.80 Å². The van der Waals surface area contributed by atoms with Crippen LogP contribution in [0.3, 0.4) is 0 Å². The number of likely N-dealkylation sites (tertiary alicyclic amines) is 1. The average molecular weight is 379 g/mol. The number of carboxylic acid groups (broad SMARTS) is 1. The lowest BCUT2D eigenvalue weighted by atomic mass is 9.84. The van der Waals surface area contributed by atoms with Gasteiger partial charge < -0.3 is 14.9 Å². The first kappa shape index (κ1) is 17.3. The van der Waals surface area contributed by atoms with Crippen LogP contribution in [-0.2, 0) is 19.6 Å². The third kappa shape index (κ3) is 2.94. The van der Waals surface area contributed by atoms with Gasteiger partial charge in [0.15, 0.2) is 0 Å². The van der Waals surface area contributed by atoms with E-state index < -0.39 is 22.0 Å². The van der Waals surface area contributed by atoms with Crippen LogP contribution in [0.2, 0.25) is 0 Å². The number of amides is 1. The molecule has 26 heavy (non-hydrogen) atoms.